The van der Waals surface area contributed by atoms with Gasteiger partial charge in [0.2, 0.25) is 5.91 Å². The molecular formula is C19H23FN2O2. The summed E-state index contributed by atoms with van der Waals surface area (Å²) in [5, 5.41) is 6.06. The van der Waals surface area contributed by atoms with Crippen LogP contribution in [-0.4, -0.2) is 25.6 Å². The lowest BCUT2D eigenvalue weighted by Gasteiger charge is -2.16. The van der Waals surface area contributed by atoms with E-state index < -0.39 is 0 Å². The molecule has 0 aromatic heterocycles. The van der Waals surface area contributed by atoms with Gasteiger partial charge in [-0.1, -0.05) is 12.1 Å². The minimum Gasteiger partial charge on any atom is -0.496 e. The third kappa shape index (κ3) is 4.98. The minimum absolute atomic E-state index is 0.0782. The first-order valence-corrected chi connectivity index (χ1v) is 7.93. The predicted molar refractivity (Wildman–Crippen MR) is 93.9 cm³/mol. The lowest BCUT2D eigenvalue weighted by atomic mass is 10.1. The summed E-state index contributed by atoms with van der Waals surface area (Å²) in [5.41, 5.74) is 2.86. The number of carbonyl (C=O) groups is 1. The number of methoxy groups -OCH3 is 1. The second-order valence-electron chi connectivity index (χ2n) is 5.72. The zero-order chi connectivity index (χ0) is 17.5. The van der Waals surface area contributed by atoms with Crippen LogP contribution in [-0.2, 0) is 11.2 Å². The lowest BCUT2D eigenvalue weighted by molar-refractivity contribution is -0.121. The smallest absolute Gasteiger partial charge is 0.242 e. The molecule has 0 aliphatic carbocycles. The molecule has 0 radical (unpaired) electrons. The molecular weight excluding hydrogens is 307 g/mol. The maximum Gasteiger partial charge on any atom is 0.242 e. The van der Waals surface area contributed by atoms with E-state index in [-0.39, 0.29) is 17.8 Å². The highest BCUT2D eigenvalue weighted by Crippen LogP contribution is 2.21. The molecule has 2 aromatic carbocycles. The van der Waals surface area contributed by atoms with Crippen molar-refractivity contribution in [2.24, 2.45) is 0 Å². The third-order valence-corrected chi connectivity index (χ3v) is 3.80. The van der Waals surface area contributed by atoms with Crippen molar-refractivity contribution in [3.63, 3.8) is 0 Å². The molecule has 0 aliphatic heterocycles. The number of amides is 1. The molecule has 0 spiro atoms. The van der Waals surface area contributed by atoms with Crippen LogP contribution in [0.4, 0.5) is 10.1 Å². The van der Waals surface area contributed by atoms with Crippen LogP contribution in [0.3, 0.4) is 0 Å². The number of nitrogens with one attached hydrogen (secondary N) is 2. The van der Waals surface area contributed by atoms with E-state index in [0.717, 1.165) is 22.6 Å². The zero-order valence-corrected chi connectivity index (χ0v) is 14.2. The van der Waals surface area contributed by atoms with Crippen molar-refractivity contribution >= 4 is 11.6 Å². The Morgan fingerprint density at radius 3 is 2.54 bits per heavy atom. The Morgan fingerprint density at radius 2 is 1.92 bits per heavy atom. The molecule has 0 saturated heterocycles. The first kappa shape index (κ1) is 17.8. The van der Waals surface area contributed by atoms with Crippen molar-refractivity contribution in [3.05, 3.63) is 59.4 Å². The van der Waals surface area contributed by atoms with Crippen LogP contribution >= 0.6 is 0 Å². The summed E-state index contributed by atoms with van der Waals surface area (Å²) in [6.45, 7) is 4.28. The second kappa shape index (κ2) is 8.34. The first-order valence-electron chi connectivity index (χ1n) is 7.93. The molecule has 1 unspecified atom stereocenters. The Labute approximate surface area is 142 Å². The number of hydrogen-bond acceptors (Lipinski definition) is 3. The average Bonchev–Trinajstić information content (AvgIpc) is 2.56. The number of halogens is 1. The number of benzene rings is 2. The number of rotatable bonds is 7. The summed E-state index contributed by atoms with van der Waals surface area (Å²) < 4.78 is 18.1. The van der Waals surface area contributed by atoms with Gasteiger partial charge in [0.05, 0.1) is 7.11 Å². The van der Waals surface area contributed by atoms with Crippen molar-refractivity contribution in [1.82, 2.24) is 5.32 Å². The van der Waals surface area contributed by atoms with Gasteiger partial charge in [0.1, 0.15) is 17.6 Å². The Hall–Kier alpha value is -2.56. The maximum atomic E-state index is 12.8. The topological polar surface area (TPSA) is 50.4 Å². The molecule has 128 valence electrons. The van der Waals surface area contributed by atoms with Gasteiger partial charge in [-0.15, -0.1) is 0 Å². The van der Waals surface area contributed by atoms with Gasteiger partial charge in [0.25, 0.3) is 0 Å². The van der Waals surface area contributed by atoms with Gasteiger partial charge in [0, 0.05) is 12.2 Å². The van der Waals surface area contributed by atoms with E-state index in [1.54, 1.807) is 19.2 Å². The van der Waals surface area contributed by atoms with Crippen molar-refractivity contribution < 1.29 is 13.9 Å². The van der Waals surface area contributed by atoms with E-state index in [0.29, 0.717) is 13.0 Å². The molecule has 1 atom stereocenters. The molecule has 0 fully saturated rings. The summed E-state index contributed by atoms with van der Waals surface area (Å²) in [7, 11) is 1.63. The van der Waals surface area contributed by atoms with Gasteiger partial charge in [-0.2, -0.15) is 0 Å². The van der Waals surface area contributed by atoms with Crippen molar-refractivity contribution in [1.29, 1.82) is 0 Å². The molecule has 4 nitrogen and oxygen atoms in total. The SMILES string of the molecule is COc1ccc(NC(C)C(=O)NCCc2ccc(F)cc2)cc1C. The van der Waals surface area contributed by atoms with Crippen LogP contribution in [0.25, 0.3) is 0 Å². The number of carbonyl (C=O) groups excluding carboxylic acids is 1. The number of aryl methyl sites for hydroxylation is 1. The van der Waals surface area contributed by atoms with Gasteiger partial charge in [-0.3, -0.25) is 4.79 Å². The standard InChI is InChI=1S/C19H23FN2O2/c1-13-12-17(8-9-18(13)24-3)22-14(2)19(23)21-11-10-15-4-6-16(20)7-5-15/h4-9,12,14,22H,10-11H2,1-3H3,(H,21,23). The summed E-state index contributed by atoms with van der Waals surface area (Å²) in [6, 6.07) is 11.6. The fourth-order valence-corrected chi connectivity index (χ4v) is 2.42. The number of ether oxygens (including phenoxy) is 1. The van der Waals surface area contributed by atoms with E-state index >= 15 is 0 Å². The van der Waals surface area contributed by atoms with Gasteiger partial charge >= 0.3 is 0 Å². The third-order valence-electron chi connectivity index (χ3n) is 3.80. The average molecular weight is 330 g/mol. The van der Waals surface area contributed by atoms with Crippen LogP contribution in [0.1, 0.15) is 18.1 Å². The van der Waals surface area contributed by atoms with Crippen LogP contribution in [0.2, 0.25) is 0 Å². The molecule has 0 heterocycles. The van der Waals surface area contributed by atoms with Gasteiger partial charge in [0.15, 0.2) is 0 Å². The molecule has 5 heteroatoms. The molecule has 1 amide bonds. The van der Waals surface area contributed by atoms with Crippen LogP contribution in [0.5, 0.6) is 5.75 Å². The first-order chi connectivity index (χ1) is 11.5. The normalized spacial score (nSPS) is 11.7. The van der Waals surface area contributed by atoms with Crippen molar-refractivity contribution in [3.8, 4) is 5.75 Å². The zero-order valence-electron chi connectivity index (χ0n) is 14.2. The van der Waals surface area contributed by atoms with Crippen molar-refractivity contribution in [2.45, 2.75) is 26.3 Å². The maximum absolute atomic E-state index is 12.8. The second-order valence-corrected chi connectivity index (χ2v) is 5.72. The van der Waals surface area contributed by atoms with Gasteiger partial charge < -0.3 is 15.4 Å². The Bertz CT molecular complexity index is 686. The minimum atomic E-state index is -0.356. The molecule has 0 aliphatic rings. The van der Waals surface area contributed by atoms with Crippen LogP contribution in [0.15, 0.2) is 42.5 Å². The Kier molecular flexibility index (Phi) is 6.18. The summed E-state index contributed by atoms with van der Waals surface area (Å²) in [5.74, 6) is 0.484. The molecule has 0 saturated carbocycles. The van der Waals surface area contributed by atoms with Crippen molar-refractivity contribution in [2.75, 3.05) is 19.0 Å². The highest BCUT2D eigenvalue weighted by molar-refractivity contribution is 5.84. The van der Waals surface area contributed by atoms with Gasteiger partial charge in [-0.05, 0) is 61.7 Å². The molecule has 2 N–H and O–H groups in total. The molecule has 2 aromatic rings. The fourth-order valence-electron chi connectivity index (χ4n) is 2.42. The highest BCUT2D eigenvalue weighted by Gasteiger charge is 2.12. The molecule has 2 rings (SSSR count). The van der Waals surface area contributed by atoms with E-state index in [9.17, 15) is 9.18 Å². The summed E-state index contributed by atoms with van der Waals surface area (Å²) in [6.07, 6.45) is 0.667. The van der Waals surface area contributed by atoms with E-state index in [4.69, 9.17) is 4.74 Å². The highest BCUT2D eigenvalue weighted by atomic mass is 19.1. The number of anilines is 1. The Balaban J connectivity index is 1.81. The van der Waals surface area contributed by atoms with Gasteiger partial charge in [-0.25, -0.2) is 4.39 Å². The fraction of sp³-hybridized carbons (Fsp3) is 0.316. The summed E-state index contributed by atoms with van der Waals surface area (Å²) in [4.78, 5) is 12.1. The lowest BCUT2D eigenvalue weighted by Crippen LogP contribution is -2.38. The molecule has 0 bridgehead atoms. The van der Waals surface area contributed by atoms with Crippen LogP contribution < -0.4 is 15.4 Å². The predicted octanol–water partition coefficient (Wildman–Crippen LogP) is 3.30. The van der Waals surface area contributed by atoms with E-state index in [2.05, 4.69) is 10.6 Å². The van der Waals surface area contributed by atoms with E-state index in [1.807, 2.05) is 32.0 Å². The quantitative estimate of drug-likeness (QED) is 0.819. The molecule has 24 heavy (non-hydrogen) atoms. The number of hydrogen-bond donors (Lipinski definition) is 2. The van der Waals surface area contributed by atoms with Crippen LogP contribution in [0, 0.1) is 12.7 Å². The monoisotopic (exact) mass is 330 g/mol. The van der Waals surface area contributed by atoms with E-state index in [1.165, 1.54) is 12.1 Å². The summed E-state index contributed by atoms with van der Waals surface area (Å²) >= 11 is 0. The Morgan fingerprint density at radius 1 is 1.21 bits per heavy atom. The largest absolute Gasteiger partial charge is 0.496 e.